The van der Waals surface area contributed by atoms with Crippen molar-refractivity contribution < 1.29 is 14.7 Å². The molecule has 17 nitrogen and oxygen atoms in total. The fourth-order valence-corrected chi connectivity index (χ4v) is 7.78. The van der Waals surface area contributed by atoms with Gasteiger partial charge in [0.25, 0.3) is 5.91 Å². The van der Waals surface area contributed by atoms with Crippen LogP contribution in [0.1, 0.15) is 44.9 Å². The number of carboxylic acids is 1. The Kier molecular flexibility index (Phi) is 12.5. The van der Waals surface area contributed by atoms with E-state index in [1.54, 1.807) is 35.4 Å². The molecule has 0 saturated carbocycles. The van der Waals surface area contributed by atoms with Crippen LogP contribution in [0.3, 0.4) is 0 Å². The first-order valence-electron chi connectivity index (χ1n) is 20.4. The van der Waals surface area contributed by atoms with Crippen LogP contribution in [0.15, 0.2) is 135 Å². The molecule has 8 aromatic rings. The van der Waals surface area contributed by atoms with Gasteiger partial charge in [0.1, 0.15) is 0 Å². The van der Waals surface area contributed by atoms with E-state index < -0.39 is 5.97 Å². The van der Waals surface area contributed by atoms with Crippen LogP contribution in [0.2, 0.25) is 0 Å². The number of aromatic nitrogens is 8. The number of carbonyl (C=O) groups excluding carboxylic acids is 1. The third kappa shape index (κ3) is 9.39. The van der Waals surface area contributed by atoms with Gasteiger partial charge in [-0.15, -0.1) is 0 Å². The third-order valence-corrected chi connectivity index (χ3v) is 10.8. The number of hydrogen-bond donors (Lipinski definition) is 3. The van der Waals surface area contributed by atoms with Crippen LogP contribution in [-0.4, -0.2) is 93.6 Å². The summed E-state index contributed by atoms with van der Waals surface area (Å²) in [5.41, 5.74) is 11.7. The highest BCUT2D eigenvalue weighted by molar-refractivity contribution is 5.92. The summed E-state index contributed by atoms with van der Waals surface area (Å²) in [5, 5.41) is 29.3. The molecule has 0 radical (unpaired) electrons. The van der Waals surface area contributed by atoms with Crippen molar-refractivity contribution in [3.05, 3.63) is 168 Å². The van der Waals surface area contributed by atoms with Crippen molar-refractivity contribution in [2.24, 2.45) is 5.73 Å². The number of aromatic carboxylic acids is 1. The zero-order valence-electron chi connectivity index (χ0n) is 34.2. The predicted molar refractivity (Wildman–Crippen MR) is 237 cm³/mol. The van der Waals surface area contributed by atoms with Crippen molar-refractivity contribution >= 4 is 34.5 Å². The Morgan fingerprint density at radius 2 is 1.32 bits per heavy atom. The van der Waals surface area contributed by atoms with Crippen LogP contribution in [0.5, 0.6) is 0 Å². The number of amides is 1. The number of benzene rings is 2. The Labute approximate surface area is 362 Å². The van der Waals surface area contributed by atoms with Gasteiger partial charge < -0.3 is 39.6 Å². The van der Waals surface area contributed by atoms with E-state index in [0.717, 1.165) is 77.6 Å². The third-order valence-electron chi connectivity index (χ3n) is 10.8. The minimum atomic E-state index is -1.06. The van der Waals surface area contributed by atoms with E-state index in [0.29, 0.717) is 18.3 Å². The number of nitrogens with two attached hydrogens (primary N) is 1. The van der Waals surface area contributed by atoms with Gasteiger partial charge in [-0.25, -0.2) is 30.7 Å². The molecule has 4 N–H and O–H groups in total. The number of nitriles is 1. The standard InChI is InChI=1S/C23H21N7O.C12H9N3O2.C11H14N4/c24-10-7-17-4-1-2-5-20(17)30-14-9-19(27-30)23(31)26-18-8-13-29(16-18)22-21-6-3-12-28(21)15-11-25-22;1-13-8-9-4-2-3-5-11(9)15-7-6-10(14-15)12(16)17;12-9-3-6-15(8-9)11-10-2-1-5-14(10)7-4-13-11/h1-6,9,11-12,14-15,18H,7-8,13,16H2,(H,26,31);2-7H,8H2,(H,16,17);1-2,4-5,7,9H,3,6,8,12H2/t18-;;9-/m0.0/s1. The number of nitrogens with zero attached hydrogens (tertiary/aromatic N) is 12. The second kappa shape index (κ2) is 19.0. The molecule has 2 saturated heterocycles. The largest absolute Gasteiger partial charge is 0.476 e. The van der Waals surface area contributed by atoms with Crippen molar-refractivity contribution in [3.63, 3.8) is 0 Å². The molecule has 17 heteroatoms. The minimum Gasteiger partial charge on any atom is -0.476 e. The highest BCUT2D eigenvalue weighted by Crippen LogP contribution is 2.25. The monoisotopic (exact) mass is 840 g/mol. The number of carbonyl (C=O) groups is 2. The van der Waals surface area contributed by atoms with E-state index in [4.69, 9.17) is 22.7 Å². The Morgan fingerprint density at radius 3 is 1.90 bits per heavy atom. The van der Waals surface area contributed by atoms with Crippen LogP contribution in [0, 0.1) is 17.9 Å². The van der Waals surface area contributed by atoms with E-state index in [-0.39, 0.29) is 30.6 Å². The van der Waals surface area contributed by atoms with Crippen LogP contribution in [0.4, 0.5) is 11.6 Å². The molecule has 2 atom stereocenters. The number of anilines is 2. The lowest BCUT2D eigenvalue weighted by atomic mass is 10.1. The van der Waals surface area contributed by atoms with Crippen LogP contribution in [-0.2, 0) is 13.0 Å². The number of para-hydroxylation sites is 2. The molecule has 1 amide bonds. The Morgan fingerprint density at radius 1 is 0.746 bits per heavy atom. The van der Waals surface area contributed by atoms with Gasteiger partial charge in [0, 0.05) is 87.8 Å². The maximum absolute atomic E-state index is 12.8. The van der Waals surface area contributed by atoms with Gasteiger partial charge >= 0.3 is 5.97 Å². The van der Waals surface area contributed by atoms with Crippen LogP contribution < -0.4 is 20.9 Å². The molecule has 8 heterocycles. The molecule has 0 spiro atoms. The zero-order chi connectivity index (χ0) is 43.7. The molecule has 0 unspecified atom stereocenters. The van der Waals surface area contributed by atoms with Crippen molar-refractivity contribution in [2.75, 3.05) is 36.0 Å². The average Bonchev–Trinajstić information content (AvgIpc) is 4.16. The normalized spacial score (nSPS) is 15.5. The van der Waals surface area contributed by atoms with E-state index in [1.165, 1.54) is 10.7 Å². The van der Waals surface area contributed by atoms with Gasteiger partial charge in [-0.1, -0.05) is 30.3 Å². The molecule has 2 fully saturated rings. The van der Waals surface area contributed by atoms with Crippen LogP contribution >= 0.6 is 0 Å². The van der Waals surface area contributed by atoms with Crippen molar-refractivity contribution in [2.45, 2.75) is 37.9 Å². The quantitative estimate of drug-likeness (QED) is 0.156. The van der Waals surface area contributed by atoms with Gasteiger partial charge in [-0.2, -0.15) is 15.5 Å². The van der Waals surface area contributed by atoms with E-state index in [1.807, 2.05) is 96.0 Å². The summed E-state index contributed by atoms with van der Waals surface area (Å²) in [6.45, 7) is 10.6. The lowest BCUT2D eigenvalue weighted by Crippen LogP contribution is -2.37. The Bertz CT molecular complexity index is 2950. The van der Waals surface area contributed by atoms with E-state index >= 15 is 0 Å². The number of fused-ring (bicyclic) bond motifs is 2. The summed E-state index contributed by atoms with van der Waals surface area (Å²) in [5.74, 6) is 0.724. The van der Waals surface area contributed by atoms with E-state index in [9.17, 15) is 9.59 Å². The summed E-state index contributed by atoms with van der Waals surface area (Å²) >= 11 is 0. The SMILES string of the molecule is N#CCc1ccccc1-n1ccc(C(=O)N[C@H]2CCN(c3nccn4cccc34)C2)n1.N[C@H]1CCN(c2nccn3cccc23)C1.[C-]#[N+]Cc1ccccc1-n1ccc(C(=O)O)n1. The second-order valence-electron chi connectivity index (χ2n) is 15.0. The number of carboxylic acid groups (broad SMARTS) is 1. The summed E-state index contributed by atoms with van der Waals surface area (Å²) in [6.07, 6.45) is 17.1. The molecule has 2 aromatic carbocycles. The highest BCUT2D eigenvalue weighted by Gasteiger charge is 2.27. The lowest BCUT2D eigenvalue weighted by molar-refractivity contribution is 0.0689. The number of nitrogens with one attached hydrogen (secondary N) is 1. The van der Waals surface area contributed by atoms with E-state index in [2.05, 4.69) is 56.7 Å². The average molecular weight is 841 g/mol. The first-order chi connectivity index (χ1) is 30.8. The number of rotatable bonds is 9. The first-order valence-corrected chi connectivity index (χ1v) is 20.4. The maximum Gasteiger partial charge on any atom is 0.356 e. The molecule has 6 aromatic heterocycles. The summed E-state index contributed by atoms with van der Waals surface area (Å²) in [6, 6.07) is 28.7. The topological polar surface area (TPSA) is 197 Å². The fraction of sp³-hybridized carbons (Fsp3) is 0.217. The van der Waals surface area contributed by atoms with Gasteiger partial charge in [0.15, 0.2) is 23.0 Å². The highest BCUT2D eigenvalue weighted by atomic mass is 16.4. The smallest absolute Gasteiger partial charge is 0.356 e. The summed E-state index contributed by atoms with van der Waals surface area (Å²) < 4.78 is 7.26. The van der Waals surface area contributed by atoms with Crippen LogP contribution in [0.25, 0.3) is 27.3 Å². The Hall–Kier alpha value is -8.28. The number of hydrogen-bond acceptors (Lipinski definition) is 10. The van der Waals surface area contributed by atoms with Gasteiger partial charge in [-0.05, 0) is 73.0 Å². The molecule has 316 valence electrons. The second-order valence-corrected chi connectivity index (χ2v) is 15.0. The summed E-state index contributed by atoms with van der Waals surface area (Å²) in [4.78, 5) is 40.3. The molecule has 63 heavy (non-hydrogen) atoms. The maximum atomic E-state index is 12.8. The first kappa shape index (κ1) is 41.5. The zero-order valence-corrected chi connectivity index (χ0v) is 34.2. The Balaban J connectivity index is 0.000000143. The molecule has 2 aliphatic heterocycles. The van der Waals surface area contributed by atoms with Gasteiger partial charge in [-0.3, -0.25) is 4.79 Å². The minimum absolute atomic E-state index is 0.0115. The van der Waals surface area contributed by atoms with Gasteiger partial charge in [0.2, 0.25) is 6.54 Å². The summed E-state index contributed by atoms with van der Waals surface area (Å²) in [7, 11) is 0. The van der Waals surface area contributed by atoms with Crippen molar-refractivity contribution in [1.82, 2.24) is 43.6 Å². The molecular weight excluding hydrogens is 797 g/mol. The molecule has 0 bridgehead atoms. The molecule has 0 aliphatic carbocycles. The molecule has 10 rings (SSSR count). The molecular formula is C46H44N14O3. The van der Waals surface area contributed by atoms with Crippen molar-refractivity contribution in [3.8, 4) is 17.4 Å². The fourth-order valence-electron chi connectivity index (χ4n) is 7.78. The van der Waals surface area contributed by atoms with Crippen molar-refractivity contribution in [1.29, 1.82) is 5.26 Å². The lowest BCUT2D eigenvalue weighted by Gasteiger charge is -2.18. The predicted octanol–water partition coefficient (Wildman–Crippen LogP) is 5.46. The molecule has 2 aliphatic rings. The van der Waals surface area contributed by atoms with Gasteiger partial charge in [0.05, 0.1) is 40.5 Å².